The van der Waals surface area contributed by atoms with Crippen molar-refractivity contribution >= 4 is 11.8 Å². The predicted octanol–water partition coefficient (Wildman–Crippen LogP) is 2.96. The lowest BCUT2D eigenvalue weighted by molar-refractivity contribution is 0.0590. The molecule has 16 heavy (non-hydrogen) atoms. The highest BCUT2D eigenvalue weighted by atomic mass is 32.2. The quantitative estimate of drug-likeness (QED) is 0.755. The molecule has 0 amide bonds. The normalized spacial score (nSPS) is 32.8. The van der Waals surface area contributed by atoms with Crippen LogP contribution in [-0.2, 0) is 4.74 Å². The Kier molecular flexibility index (Phi) is 3.67. The molecule has 0 radical (unpaired) electrons. The average molecular weight is 242 g/mol. The Morgan fingerprint density at radius 3 is 2.75 bits per heavy atom. The molecule has 2 aliphatic rings. The fourth-order valence-corrected chi connectivity index (χ4v) is 4.02. The van der Waals surface area contributed by atoms with Crippen LogP contribution in [-0.4, -0.2) is 28.5 Å². The van der Waals surface area contributed by atoms with Gasteiger partial charge in [0, 0.05) is 5.75 Å². The molecule has 1 saturated heterocycles. The Labute approximate surface area is 102 Å². The minimum atomic E-state index is -0.290. The van der Waals surface area contributed by atoms with Gasteiger partial charge in [0.15, 0.2) is 0 Å². The summed E-state index contributed by atoms with van der Waals surface area (Å²) < 4.78 is 5.95. The fourth-order valence-electron chi connectivity index (χ4n) is 2.72. The zero-order valence-electron chi connectivity index (χ0n) is 10.5. The smallest absolute Gasteiger partial charge is 0.135 e. The van der Waals surface area contributed by atoms with E-state index in [-0.39, 0.29) is 11.0 Å². The summed E-state index contributed by atoms with van der Waals surface area (Å²) in [6, 6.07) is 0. The highest BCUT2D eigenvalue weighted by Gasteiger charge is 2.42. The minimum absolute atomic E-state index is 0.0938. The maximum Gasteiger partial charge on any atom is 0.135 e. The van der Waals surface area contributed by atoms with Gasteiger partial charge < -0.3 is 9.84 Å². The van der Waals surface area contributed by atoms with Gasteiger partial charge in [-0.15, -0.1) is 11.8 Å². The van der Waals surface area contributed by atoms with Crippen LogP contribution in [0.15, 0.2) is 11.1 Å². The highest BCUT2D eigenvalue weighted by molar-refractivity contribution is 8.00. The van der Waals surface area contributed by atoms with Crippen LogP contribution in [0, 0.1) is 5.92 Å². The van der Waals surface area contributed by atoms with E-state index in [4.69, 9.17) is 4.74 Å². The van der Waals surface area contributed by atoms with E-state index in [1.54, 1.807) is 0 Å². The van der Waals surface area contributed by atoms with Crippen molar-refractivity contribution < 1.29 is 9.84 Å². The number of thioether (sulfide) groups is 1. The number of hydrogen-bond acceptors (Lipinski definition) is 3. The van der Waals surface area contributed by atoms with E-state index in [0.717, 1.165) is 31.6 Å². The summed E-state index contributed by atoms with van der Waals surface area (Å²) >= 11 is 1.92. The average Bonchev–Trinajstić information content (AvgIpc) is 2.71. The fraction of sp³-hybridized carbons (Fsp3) is 0.846. The van der Waals surface area contributed by atoms with E-state index in [1.165, 1.54) is 11.1 Å². The molecule has 0 aromatic heterocycles. The molecule has 1 N–H and O–H groups in total. The zero-order valence-corrected chi connectivity index (χ0v) is 11.3. The third-order valence-electron chi connectivity index (χ3n) is 3.75. The second-order valence-electron chi connectivity index (χ2n) is 5.14. The molecular formula is C13H22O2S. The van der Waals surface area contributed by atoms with Gasteiger partial charge in [0.2, 0.25) is 0 Å². The molecule has 2 nitrogen and oxygen atoms in total. The van der Waals surface area contributed by atoms with Crippen LogP contribution < -0.4 is 0 Å². The van der Waals surface area contributed by atoms with Crippen molar-refractivity contribution in [3.8, 4) is 0 Å². The molecule has 92 valence electrons. The highest BCUT2D eigenvalue weighted by Crippen LogP contribution is 2.48. The molecule has 0 unspecified atom stereocenters. The standard InChI is InChI=1S/C13H22O2S/c1-9(2)12(14)11-5-4-6-13(10(11)3)15-7-8-16-13/h9,12,14H,4-8H2,1-3H3/t12-,13-/m1/s1. The summed E-state index contributed by atoms with van der Waals surface area (Å²) in [5.41, 5.74) is 2.53. The number of aliphatic hydroxyl groups excluding tert-OH is 1. The van der Waals surface area contributed by atoms with Gasteiger partial charge in [-0.2, -0.15) is 0 Å². The largest absolute Gasteiger partial charge is 0.388 e. The van der Waals surface area contributed by atoms with Gasteiger partial charge in [-0.05, 0) is 43.3 Å². The van der Waals surface area contributed by atoms with Crippen LogP contribution in [0.25, 0.3) is 0 Å². The van der Waals surface area contributed by atoms with E-state index in [9.17, 15) is 5.11 Å². The molecule has 3 heteroatoms. The minimum Gasteiger partial charge on any atom is -0.388 e. The molecule has 2 rings (SSSR count). The Bertz CT molecular complexity index is 290. The number of aliphatic hydroxyl groups is 1. The zero-order chi connectivity index (χ0) is 11.8. The lowest BCUT2D eigenvalue weighted by atomic mass is 9.83. The van der Waals surface area contributed by atoms with E-state index in [0.29, 0.717) is 5.92 Å². The molecule has 0 aromatic rings. The summed E-state index contributed by atoms with van der Waals surface area (Å²) in [6.45, 7) is 7.16. The third kappa shape index (κ3) is 2.05. The molecular weight excluding hydrogens is 220 g/mol. The number of hydrogen-bond donors (Lipinski definition) is 1. The second-order valence-corrected chi connectivity index (χ2v) is 6.50. The van der Waals surface area contributed by atoms with Gasteiger partial charge in [-0.25, -0.2) is 0 Å². The van der Waals surface area contributed by atoms with Crippen molar-refractivity contribution in [3.63, 3.8) is 0 Å². The Morgan fingerprint density at radius 2 is 2.19 bits per heavy atom. The molecule has 1 aliphatic carbocycles. The first-order valence-corrected chi connectivity index (χ1v) is 7.21. The number of ether oxygens (including phenoxy) is 1. The predicted molar refractivity (Wildman–Crippen MR) is 68.5 cm³/mol. The van der Waals surface area contributed by atoms with E-state index in [2.05, 4.69) is 20.8 Å². The van der Waals surface area contributed by atoms with Crippen LogP contribution >= 0.6 is 11.8 Å². The lowest BCUT2D eigenvalue weighted by Gasteiger charge is -2.37. The van der Waals surface area contributed by atoms with E-state index < -0.39 is 0 Å². The van der Waals surface area contributed by atoms with Crippen LogP contribution in [0.1, 0.15) is 40.0 Å². The van der Waals surface area contributed by atoms with Gasteiger partial charge in [0.05, 0.1) is 12.7 Å². The Balaban J connectivity index is 2.28. The van der Waals surface area contributed by atoms with Crippen molar-refractivity contribution in [3.05, 3.63) is 11.1 Å². The van der Waals surface area contributed by atoms with E-state index >= 15 is 0 Å². The summed E-state index contributed by atoms with van der Waals surface area (Å²) in [7, 11) is 0. The summed E-state index contributed by atoms with van der Waals surface area (Å²) in [6.07, 6.45) is 3.00. The molecule has 0 bridgehead atoms. The van der Waals surface area contributed by atoms with Crippen LogP contribution in [0.5, 0.6) is 0 Å². The number of rotatable bonds is 2. The Morgan fingerprint density at radius 1 is 1.44 bits per heavy atom. The first-order valence-electron chi connectivity index (χ1n) is 6.23. The molecule has 0 saturated carbocycles. The molecule has 0 aromatic carbocycles. The van der Waals surface area contributed by atoms with Crippen molar-refractivity contribution in [2.45, 2.75) is 51.1 Å². The van der Waals surface area contributed by atoms with Crippen molar-refractivity contribution in [2.75, 3.05) is 12.4 Å². The van der Waals surface area contributed by atoms with Gasteiger partial charge in [-0.3, -0.25) is 0 Å². The summed E-state index contributed by atoms with van der Waals surface area (Å²) in [4.78, 5) is -0.0938. The van der Waals surface area contributed by atoms with Gasteiger partial charge in [0.25, 0.3) is 0 Å². The topological polar surface area (TPSA) is 29.5 Å². The van der Waals surface area contributed by atoms with Crippen molar-refractivity contribution in [2.24, 2.45) is 5.92 Å². The van der Waals surface area contributed by atoms with Gasteiger partial charge in [0.1, 0.15) is 4.93 Å². The molecule has 1 fully saturated rings. The van der Waals surface area contributed by atoms with Crippen LogP contribution in [0.3, 0.4) is 0 Å². The molecule has 1 spiro atoms. The Hall–Kier alpha value is 0.0100. The SMILES string of the molecule is CC1=C([C@H](O)C(C)C)CCC[C@]12OCCS2. The van der Waals surface area contributed by atoms with Gasteiger partial charge >= 0.3 is 0 Å². The lowest BCUT2D eigenvalue weighted by Crippen LogP contribution is -2.33. The molecule has 1 heterocycles. The second kappa shape index (κ2) is 4.71. The maximum absolute atomic E-state index is 10.2. The first kappa shape index (κ1) is 12.5. The molecule has 2 atom stereocenters. The first-order chi connectivity index (χ1) is 7.57. The van der Waals surface area contributed by atoms with Crippen molar-refractivity contribution in [1.29, 1.82) is 0 Å². The summed E-state index contributed by atoms with van der Waals surface area (Å²) in [5.74, 6) is 1.38. The van der Waals surface area contributed by atoms with Crippen molar-refractivity contribution in [1.82, 2.24) is 0 Å². The third-order valence-corrected chi connectivity index (χ3v) is 5.21. The van der Waals surface area contributed by atoms with Crippen LogP contribution in [0.4, 0.5) is 0 Å². The molecule has 1 aliphatic heterocycles. The monoisotopic (exact) mass is 242 g/mol. The van der Waals surface area contributed by atoms with E-state index in [1.807, 2.05) is 11.8 Å². The van der Waals surface area contributed by atoms with Gasteiger partial charge in [-0.1, -0.05) is 13.8 Å². The van der Waals surface area contributed by atoms with Crippen LogP contribution in [0.2, 0.25) is 0 Å². The summed E-state index contributed by atoms with van der Waals surface area (Å²) in [5, 5.41) is 10.2. The maximum atomic E-state index is 10.2.